The molecule has 3 aliphatic heterocycles. The molecule has 3 aliphatic rings. The van der Waals surface area contributed by atoms with Crippen LogP contribution in [-0.2, 0) is 0 Å². The first-order valence-corrected chi connectivity index (χ1v) is 13.0. The van der Waals surface area contributed by atoms with Gasteiger partial charge < -0.3 is 9.64 Å². The highest BCUT2D eigenvalue weighted by Crippen LogP contribution is 2.25. The number of piperidine rings is 1. The summed E-state index contributed by atoms with van der Waals surface area (Å²) in [6.45, 7) is 11.1. The molecule has 6 heteroatoms. The second-order valence-corrected chi connectivity index (χ2v) is 9.33. The number of halogens is 2. The molecule has 1 atom stereocenters. The summed E-state index contributed by atoms with van der Waals surface area (Å²) in [6, 6.07) is 6.66. The summed E-state index contributed by atoms with van der Waals surface area (Å²) in [5.74, 6) is 2.10. The monoisotopic (exact) mass is 473 g/mol. The zero-order valence-corrected chi connectivity index (χ0v) is 21.1. The van der Waals surface area contributed by atoms with Gasteiger partial charge in [-0.15, -0.1) is 0 Å². The maximum atomic E-state index is 14.1. The summed E-state index contributed by atoms with van der Waals surface area (Å²) in [7, 11) is 0. The lowest BCUT2D eigenvalue weighted by atomic mass is 9.94. The first kappa shape index (κ1) is 26.4. The van der Waals surface area contributed by atoms with Gasteiger partial charge in [-0.2, -0.15) is 0 Å². The number of benzene rings is 1. The van der Waals surface area contributed by atoms with Crippen molar-refractivity contribution in [2.24, 2.45) is 10.9 Å². The van der Waals surface area contributed by atoms with Crippen LogP contribution in [0.4, 0.5) is 8.78 Å². The van der Waals surface area contributed by atoms with Gasteiger partial charge in [0.2, 0.25) is 0 Å². The van der Waals surface area contributed by atoms with Crippen LogP contribution in [0.5, 0.6) is 5.75 Å². The van der Waals surface area contributed by atoms with E-state index in [2.05, 4.69) is 16.7 Å². The second-order valence-electron chi connectivity index (χ2n) is 9.33. The minimum absolute atomic E-state index is 0.150. The molecule has 0 spiro atoms. The highest BCUT2D eigenvalue weighted by molar-refractivity contribution is 5.85. The molecule has 2 fully saturated rings. The fraction of sp³-hybridized carbons (Fsp3) is 0.607. The van der Waals surface area contributed by atoms with Crippen molar-refractivity contribution in [1.82, 2.24) is 9.80 Å². The molecule has 0 radical (unpaired) electrons. The zero-order chi connectivity index (χ0) is 24.3. The molecule has 188 valence electrons. The molecular weight excluding hydrogens is 432 g/mol. The maximum absolute atomic E-state index is 14.1. The molecule has 1 aromatic carbocycles. The predicted molar refractivity (Wildman–Crippen MR) is 137 cm³/mol. The van der Waals surface area contributed by atoms with E-state index >= 15 is 0 Å². The first-order chi connectivity index (χ1) is 16.6. The number of nitrogens with zero attached hydrogens (tertiary/aromatic N) is 3. The van der Waals surface area contributed by atoms with E-state index in [0.717, 1.165) is 76.3 Å². The molecule has 3 heterocycles. The zero-order valence-electron chi connectivity index (χ0n) is 21.1. The standard InChI is InChI=1S/C26H35F2N3O.C2H6/c1-20-3-2-4-22-17-24(28)9-13-29-26(31(20)18-22)19-30-14-10-21(11-15-30)12-16-32-25-7-5-23(27)6-8-25;1-2/h5-9,17,20-21H,2-4,10-16,18-19H2,1H3;1-2H3/b22-17-,24-9+,29-26?;. The van der Waals surface area contributed by atoms with Crippen molar-refractivity contribution in [2.75, 3.05) is 39.3 Å². The number of ether oxygens (including phenoxy) is 1. The molecule has 0 aromatic heterocycles. The van der Waals surface area contributed by atoms with E-state index in [1.54, 1.807) is 24.3 Å². The van der Waals surface area contributed by atoms with Crippen molar-refractivity contribution < 1.29 is 13.5 Å². The van der Waals surface area contributed by atoms with Crippen LogP contribution in [-0.4, -0.2) is 61.0 Å². The number of aliphatic imine (C=N–C) groups is 1. The van der Waals surface area contributed by atoms with E-state index in [4.69, 9.17) is 9.73 Å². The molecular formula is C28H41F2N3O. The van der Waals surface area contributed by atoms with Crippen molar-refractivity contribution in [3.8, 4) is 5.75 Å². The SMILES string of the molecule is CC.CC1CCC/C2=C/C(F)=C\CN=C(CN3CCC(CCOc4ccc(F)cc4)CC3)N1C2. The van der Waals surface area contributed by atoms with E-state index < -0.39 is 0 Å². The number of likely N-dealkylation sites (tertiary alicyclic amines) is 1. The molecule has 34 heavy (non-hydrogen) atoms. The molecule has 4 nitrogen and oxygen atoms in total. The van der Waals surface area contributed by atoms with Crippen LogP contribution in [0, 0.1) is 11.7 Å². The van der Waals surface area contributed by atoms with E-state index in [1.807, 2.05) is 13.8 Å². The number of hydrogen-bond donors (Lipinski definition) is 0. The van der Waals surface area contributed by atoms with Gasteiger partial charge in [0.15, 0.2) is 0 Å². The first-order valence-electron chi connectivity index (χ1n) is 13.0. The molecule has 0 aliphatic carbocycles. The Kier molecular flexibility index (Phi) is 10.6. The van der Waals surface area contributed by atoms with E-state index in [0.29, 0.717) is 25.1 Å². The van der Waals surface area contributed by atoms with E-state index in [-0.39, 0.29) is 11.6 Å². The van der Waals surface area contributed by atoms with E-state index in [1.165, 1.54) is 17.7 Å². The van der Waals surface area contributed by atoms with Gasteiger partial charge >= 0.3 is 0 Å². The van der Waals surface area contributed by atoms with Crippen molar-refractivity contribution in [1.29, 1.82) is 0 Å². The Morgan fingerprint density at radius 2 is 1.79 bits per heavy atom. The van der Waals surface area contributed by atoms with Crippen LogP contribution >= 0.6 is 0 Å². The highest BCUT2D eigenvalue weighted by Gasteiger charge is 2.26. The van der Waals surface area contributed by atoms with Crippen LogP contribution in [0.1, 0.15) is 59.3 Å². The summed E-state index contributed by atoms with van der Waals surface area (Å²) < 4.78 is 32.9. The molecule has 0 amide bonds. The number of fused-ring (bicyclic) bond motifs is 2. The molecule has 0 N–H and O–H groups in total. The normalized spacial score (nSPS) is 25.1. The van der Waals surface area contributed by atoms with Crippen LogP contribution in [0.3, 0.4) is 0 Å². The summed E-state index contributed by atoms with van der Waals surface area (Å²) in [5, 5.41) is 0. The van der Waals surface area contributed by atoms with Crippen molar-refractivity contribution >= 4 is 5.84 Å². The summed E-state index contributed by atoms with van der Waals surface area (Å²) >= 11 is 0. The molecule has 2 saturated heterocycles. The van der Waals surface area contributed by atoms with Gasteiger partial charge in [-0.1, -0.05) is 13.8 Å². The maximum Gasteiger partial charge on any atom is 0.123 e. The smallest absolute Gasteiger partial charge is 0.123 e. The van der Waals surface area contributed by atoms with Gasteiger partial charge in [-0.25, -0.2) is 8.78 Å². The Morgan fingerprint density at radius 1 is 1.06 bits per heavy atom. The lowest BCUT2D eigenvalue weighted by Gasteiger charge is -2.36. The van der Waals surface area contributed by atoms with Crippen LogP contribution < -0.4 is 4.74 Å². The highest BCUT2D eigenvalue weighted by atomic mass is 19.1. The third kappa shape index (κ3) is 7.93. The fourth-order valence-electron chi connectivity index (χ4n) is 4.93. The average Bonchev–Trinajstić information content (AvgIpc) is 2.98. The summed E-state index contributed by atoms with van der Waals surface area (Å²) in [5.41, 5.74) is 1.18. The van der Waals surface area contributed by atoms with Gasteiger partial charge in [-0.05, 0) is 106 Å². The van der Waals surface area contributed by atoms with Crippen molar-refractivity contribution in [3.63, 3.8) is 0 Å². The number of allylic oxidation sites excluding steroid dienone is 2. The molecule has 1 aromatic rings. The third-order valence-electron chi connectivity index (χ3n) is 6.94. The van der Waals surface area contributed by atoms with Gasteiger partial charge in [-0.3, -0.25) is 9.89 Å². The summed E-state index contributed by atoms with van der Waals surface area (Å²) in [6.07, 6.45) is 9.85. The predicted octanol–water partition coefficient (Wildman–Crippen LogP) is 6.40. The van der Waals surface area contributed by atoms with Crippen LogP contribution in [0.25, 0.3) is 0 Å². The van der Waals surface area contributed by atoms with E-state index in [9.17, 15) is 8.78 Å². The van der Waals surface area contributed by atoms with Crippen molar-refractivity contribution in [3.05, 3.63) is 53.6 Å². The van der Waals surface area contributed by atoms with Crippen molar-refractivity contribution in [2.45, 2.75) is 65.3 Å². The molecule has 1 unspecified atom stereocenters. The minimum Gasteiger partial charge on any atom is -0.494 e. The van der Waals surface area contributed by atoms with Gasteiger partial charge in [0.05, 0.1) is 19.7 Å². The fourth-order valence-corrected chi connectivity index (χ4v) is 4.93. The second kappa shape index (κ2) is 13.6. The summed E-state index contributed by atoms with van der Waals surface area (Å²) in [4.78, 5) is 9.72. The Bertz CT molecular complexity index is 842. The number of rotatable bonds is 6. The lowest BCUT2D eigenvalue weighted by Crippen LogP contribution is -2.47. The Hall–Kier alpha value is -2.21. The molecule has 2 bridgehead atoms. The molecule has 0 saturated carbocycles. The van der Waals surface area contributed by atoms with Gasteiger partial charge in [0, 0.05) is 12.6 Å². The Morgan fingerprint density at radius 3 is 2.53 bits per heavy atom. The lowest BCUT2D eigenvalue weighted by molar-refractivity contribution is 0.173. The number of hydrogen-bond acceptors (Lipinski definition) is 4. The third-order valence-corrected chi connectivity index (χ3v) is 6.94. The van der Waals surface area contributed by atoms with Gasteiger partial charge in [0.25, 0.3) is 0 Å². The minimum atomic E-state index is -0.239. The average molecular weight is 474 g/mol. The largest absolute Gasteiger partial charge is 0.494 e. The topological polar surface area (TPSA) is 28.1 Å². The van der Waals surface area contributed by atoms with Gasteiger partial charge in [0.1, 0.15) is 23.2 Å². The number of amidine groups is 1. The Balaban J connectivity index is 0.00000158. The Labute approximate surface area is 204 Å². The quantitative estimate of drug-likeness (QED) is 0.479. The van der Waals surface area contributed by atoms with Crippen LogP contribution in [0.15, 0.2) is 52.8 Å². The van der Waals surface area contributed by atoms with Crippen LogP contribution in [0.2, 0.25) is 0 Å². The molecule has 4 rings (SSSR count).